The standard InChI is InChI=1S/C10H13BO3/c12-10-4-2-7-5-9(11(13)14)3-1-8(7)6-10/h1,3,5,10,12-14H,2,4,6H2. The molecule has 0 amide bonds. The van der Waals surface area contributed by atoms with Gasteiger partial charge < -0.3 is 15.2 Å². The highest BCUT2D eigenvalue weighted by atomic mass is 16.4. The van der Waals surface area contributed by atoms with E-state index in [1.165, 1.54) is 0 Å². The summed E-state index contributed by atoms with van der Waals surface area (Å²) >= 11 is 0. The van der Waals surface area contributed by atoms with E-state index >= 15 is 0 Å². The second-order valence-corrected chi connectivity index (χ2v) is 3.80. The molecule has 1 aromatic carbocycles. The van der Waals surface area contributed by atoms with Crippen molar-refractivity contribution in [3.05, 3.63) is 29.3 Å². The summed E-state index contributed by atoms with van der Waals surface area (Å²) in [5.41, 5.74) is 2.77. The molecule has 0 spiro atoms. The van der Waals surface area contributed by atoms with Gasteiger partial charge in [0.1, 0.15) is 0 Å². The predicted molar refractivity (Wildman–Crippen MR) is 54.3 cm³/mol. The highest BCUT2D eigenvalue weighted by molar-refractivity contribution is 6.58. The van der Waals surface area contributed by atoms with Gasteiger partial charge in [0.05, 0.1) is 6.10 Å². The lowest BCUT2D eigenvalue weighted by atomic mass is 9.77. The van der Waals surface area contributed by atoms with Crippen molar-refractivity contribution in [2.75, 3.05) is 0 Å². The van der Waals surface area contributed by atoms with Gasteiger partial charge in [0, 0.05) is 0 Å². The first-order valence-electron chi connectivity index (χ1n) is 4.82. The fourth-order valence-corrected chi connectivity index (χ4v) is 1.92. The van der Waals surface area contributed by atoms with Crippen LogP contribution in [0.4, 0.5) is 0 Å². The third-order valence-corrected chi connectivity index (χ3v) is 2.73. The van der Waals surface area contributed by atoms with E-state index in [2.05, 4.69) is 0 Å². The molecule has 0 saturated carbocycles. The van der Waals surface area contributed by atoms with Gasteiger partial charge in [-0.3, -0.25) is 0 Å². The molecule has 1 aliphatic rings. The Morgan fingerprint density at radius 1 is 1.21 bits per heavy atom. The van der Waals surface area contributed by atoms with Crippen LogP contribution in [0.3, 0.4) is 0 Å². The van der Waals surface area contributed by atoms with Crippen molar-refractivity contribution in [1.82, 2.24) is 0 Å². The minimum absolute atomic E-state index is 0.243. The summed E-state index contributed by atoms with van der Waals surface area (Å²) < 4.78 is 0. The van der Waals surface area contributed by atoms with E-state index < -0.39 is 7.12 Å². The molecule has 1 aromatic rings. The van der Waals surface area contributed by atoms with Crippen molar-refractivity contribution in [2.24, 2.45) is 0 Å². The molecule has 1 unspecified atom stereocenters. The molecule has 3 nitrogen and oxygen atoms in total. The van der Waals surface area contributed by atoms with Crippen LogP contribution in [0.15, 0.2) is 18.2 Å². The van der Waals surface area contributed by atoms with E-state index in [-0.39, 0.29) is 6.10 Å². The molecule has 0 fully saturated rings. The molecule has 0 aromatic heterocycles. The molecular formula is C10H13BO3. The first-order valence-corrected chi connectivity index (χ1v) is 4.82. The first-order chi connectivity index (χ1) is 6.66. The quantitative estimate of drug-likeness (QED) is 0.511. The average molecular weight is 192 g/mol. The van der Waals surface area contributed by atoms with Crippen LogP contribution in [-0.2, 0) is 12.8 Å². The molecule has 0 bridgehead atoms. The summed E-state index contributed by atoms with van der Waals surface area (Å²) in [6.45, 7) is 0. The topological polar surface area (TPSA) is 60.7 Å². The lowest BCUT2D eigenvalue weighted by Crippen LogP contribution is -2.31. The van der Waals surface area contributed by atoms with Crippen molar-refractivity contribution in [2.45, 2.75) is 25.4 Å². The summed E-state index contributed by atoms with van der Waals surface area (Å²) in [6, 6.07) is 5.37. The van der Waals surface area contributed by atoms with Crippen molar-refractivity contribution in [3.63, 3.8) is 0 Å². The number of aryl methyl sites for hydroxylation is 1. The van der Waals surface area contributed by atoms with E-state index in [0.717, 1.165) is 24.0 Å². The third kappa shape index (κ3) is 1.82. The maximum absolute atomic E-state index is 9.44. The number of aliphatic hydroxyl groups is 1. The Bertz CT molecular complexity index is 338. The second kappa shape index (κ2) is 3.73. The molecular weight excluding hydrogens is 179 g/mol. The van der Waals surface area contributed by atoms with Crippen LogP contribution in [0.25, 0.3) is 0 Å². The molecule has 0 aliphatic heterocycles. The summed E-state index contributed by atoms with van der Waals surface area (Å²) in [4.78, 5) is 0. The molecule has 0 saturated heterocycles. The molecule has 0 heterocycles. The van der Waals surface area contributed by atoms with Crippen molar-refractivity contribution in [1.29, 1.82) is 0 Å². The zero-order valence-corrected chi connectivity index (χ0v) is 7.85. The number of hydrogen-bond donors (Lipinski definition) is 3. The van der Waals surface area contributed by atoms with Crippen molar-refractivity contribution >= 4 is 12.6 Å². The van der Waals surface area contributed by atoms with Gasteiger partial charge in [0.15, 0.2) is 0 Å². The van der Waals surface area contributed by atoms with Gasteiger partial charge in [-0.25, -0.2) is 0 Å². The number of rotatable bonds is 1. The van der Waals surface area contributed by atoms with E-state index in [4.69, 9.17) is 10.0 Å². The minimum Gasteiger partial charge on any atom is -0.423 e. The Labute approximate surface area is 83.2 Å². The van der Waals surface area contributed by atoms with Gasteiger partial charge in [-0.2, -0.15) is 0 Å². The molecule has 3 N–H and O–H groups in total. The lowest BCUT2D eigenvalue weighted by Gasteiger charge is -2.21. The monoisotopic (exact) mass is 192 g/mol. The first kappa shape index (κ1) is 9.71. The smallest absolute Gasteiger partial charge is 0.423 e. The van der Waals surface area contributed by atoms with Crippen LogP contribution in [0, 0.1) is 0 Å². The third-order valence-electron chi connectivity index (χ3n) is 2.73. The van der Waals surface area contributed by atoms with E-state index in [1.807, 2.05) is 12.1 Å². The largest absolute Gasteiger partial charge is 0.488 e. The Balaban J connectivity index is 2.31. The van der Waals surface area contributed by atoms with Gasteiger partial charge in [0.25, 0.3) is 0 Å². The molecule has 1 aliphatic carbocycles. The summed E-state index contributed by atoms with van der Waals surface area (Å²) in [5, 5.41) is 27.4. The number of hydrogen-bond acceptors (Lipinski definition) is 3. The van der Waals surface area contributed by atoms with Crippen LogP contribution in [0.2, 0.25) is 0 Å². The highest BCUT2D eigenvalue weighted by Gasteiger charge is 2.19. The fraction of sp³-hybridized carbons (Fsp3) is 0.400. The van der Waals surface area contributed by atoms with Crippen molar-refractivity contribution in [3.8, 4) is 0 Å². The molecule has 2 rings (SSSR count). The van der Waals surface area contributed by atoms with Crippen LogP contribution < -0.4 is 5.46 Å². The number of fused-ring (bicyclic) bond motifs is 1. The molecule has 4 heteroatoms. The fourth-order valence-electron chi connectivity index (χ4n) is 1.92. The minimum atomic E-state index is -1.40. The zero-order chi connectivity index (χ0) is 10.1. The van der Waals surface area contributed by atoms with E-state index in [9.17, 15) is 5.11 Å². The summed E-state index contributed by atoms with van der Waals surface area (Å²) in [5.74, 6) is 0. The van der Waals surface area contributed by atoms with Gasteiger partial charge in [-0.15, -0.1) is 0 Å². The highest BCUT2D eigenvalue weighted by Crippen LogP contribution is 2.20. The van der Waals surface area contributed by atoms with E-state index in [1.54, 1.807) is 6.07 Å². The predicted octanol–water partition coefficient (Wildman–Crippen LogP) is -0.784. The van der Waals surface area contributed by atoms with Gasteiger partial charge in [-0.05, 0) is 35.9 Å². The number of benzene rings is 1. The molecule has 74 valence electrons. The lowest BCUT2D eigenvalue weighted by molar-refractivity contribution is 0.158. The number of aliphatic hydroxyl groups excluding tert-OH is 1. The maximum atomic E-state index is 9.44. The Kier molecular flexibility index (Phi) is 2.59. The Hall–Kier alpha value is -0.835. The van der Waals surface area contributed by atoms with Crippen molar-refractivity contribution < 1.29 is 15.2 Å². The Morgan fingerprint density at radius 2 is 2.00 bits per heavy atom. The SMILES string of the molecule is OB(O)c1ccc2c(c1)CCC(O)C2. The van der Waals surface area contributed by atoms with Gasteiger partial charge in [-0.1, -0.05) is 18.2 Å². The normalized spacial score (nSPS) is 20.4. The zero-order valence-electron chi connectivity index (χ0n) is 7.85. The molecule has 1 atom stereocenters. The van der Waals surface area contributed by atoms with Gasteiger partial charge >= 0.3 is 7.12 Å². The maximum Gasteiger partial charge on any atom is 0.488 e. The molecule has 14 heavy (non-hydrogen) atoms. The van der Waals surface area contributed by atoms with E-state index in [0.29, 0.717) is 11.9 Å². The van der Waals surface area contributed by atoms with Crippen LogP contribution in [-0.4, -0.2) is 28.4 Å². The summed E-state index contributed by atoms with van der Waals surface area (Å²) in [6.07, 6.45) is 2.01. The van der Waals surface area contributed by atoms with Crippen LogP contribution in [0.5, 0.6) is 0 Å². The van der Waals surface area contributed by atoms with Gasteiger partial charge in [0.2, 0.25) is 0 Å². The Morgan fingerprint density at radius 3 is 2.71 bits per heavy atom. The molecule has 0 radical (unpaired) electrons. The van der Waals surface area contributed by atoms with Crippen LogP contribution >= 0.6 is 0 Å². The second-order valence-electron chi connectivity index (χ2n) is 3.80. The van der Waals surface area contributed by atoms with Crippen LogP contribution in [0.1, 0.15) is 17.5 Å². The summed E-state index contributed by atoms with van der Waals surface area (Å²) in [7, 11) is -1.40. The average Bonchev–Trinajstić information content (AvgIpc) is 2.16.